The summed E-state index contributed by atoms with van der Waals surface area (Å²) in [5, 5.41) is 33.2. The molecular weight excluding hydrogens is 552 g/mol. The number of nitrogens with zero attached hydrogens (tertiary/aromatic N) is 6. The Labute approximate surface area is 260 Å². The van der Waals surface area contributed by atoms with Gasteiger partial charge < -0.3 is 20.5 Å². The molecule has 0 fully saturated rings. The van der Waals surface area contributed by atoms with E-state index in [1.807, 2.05) is 37.3 Å². The first-order chi connectivity index (χ1) is 21.4. The minimum Gasteiger partial charge on any atom is -0.390 e. The topological polar surface area (TPSA) is 115 Å². The van der Waals surface area contributed by atoms with Crippen molar-refractivity contribution in [1.82, 2.24) is 24.6 Å². The Bertz CT molecular complexity index is 1490. The lowest BCUT2D eigenvalue weighted by atomic mass is 10.1. The Balaban J connectivity index is 1.21. The monoisotopic (exact) mass is 599 g/mol. The van der Waals surface area contributed by atoms with E-state index in [4.69, 9.17) is 4.98 Å². The lowest BCUT2D eigenvalue weighted by Gasteiger charge is -2.26. The van der Waals surface area contributed by atoms with Gasteiger partial charge in [-0.25, -0.2) is 4.98 Å². The lowest BCUT2D eigenvalue weighted by molar-refractivity contribution is -0.886. The van der Waals surface area contributed by atoms with Crippen LogP contribution in [-0.2, 0) is 19.4 Å². The second-order valence-corrected chi connectivity index (χ2v) is 11.9. The predicted molar refractivity (Wildman–Crippen MR) is 173 cm³/mol. The molecule has 0 radical (unpaired) electrons. The molecule has 0 spiro atoms. The van der Waals surface area contributed by atoms with Crippen LogP contribution in [0, 0.1) is 13.8 Å². The van der Waals surface area contributed by atoms with E-state index in [0.29, 0.717) is 18.1 Å². The summed E-state index contributed by atoms with van der Waals surface area (Å²) < 4.78 is 3.14. The number of benzene rings is 1. The summed E-state index contributed by atoms with van der Waals surface area (Å²) >= 11 is 0. The molecule has 1 aliphatic heterocycles. The van der Waals surface area contributed by atoms with Crippen molar-refractivity contribution >= 4 is 11.6 Å². The standard InChI is InChI=1S/C34H46N8O2/c1-25-24-26(2)41(39-25)23-22-40(20-8-7-13-30-15-14-28-12-9-18-35-33(28)37-30)21-17-31(27(3)43)38-32-16-19-36-34(42(32)44)29-10-5-4-6-11-29/h4-6,10-11,14-16,19,24,27,31,43-44H,7-9,12-13,17-18,20-23H2,1-3H3,(H,35,37)/p+1/t27?,31-/m0/s1. The maximum Gasteiger partial charge on any atom is 0.307 e. The molecule has 0 saturated carbocycles. The van der Waals surface area contributed by atoms with Crippen LogP contribution in [0.2, 0.25) is 0 Å². The van der Waals surface area contributed by atoms with Gasteiger partial charge in [0.2, 0.25) is 0 Å². The van der Waals surface area contributed by atoms with Gasteiger partial charge in [-0.15, -0.1) is 4.98 Å². The van der Waals surface area contributed by atoms with E-state index in [9.17, 15) is 10.3 Å². The van der Waals surface area contributed by atoms with Crippen LogP contribution in [0.5, 0.6) is 0 Å². The Morgan fingerprint density at radius 1 is 1.07 bits per heavy atom. The van der Waals surface area contributed by atoms with Crippen LogP contribution in [0.3, 0.4) is 0 Å². The van der Waals surface area contributed by atoms with Crippen molar-refractivity contribution in [2.75, 3.05) is 36.8 Å². The normalized spacial score (nSPS) is 14.2. The summed E-state index contributed by atoms with van der Waals surface area (Å²) in [6.45, 7) is 10.3. The maximum absolute atomic E-state index is 11.0. The van der Waals surface area contributed by atoms with E-state index in [-0.39, 0.29) is 6.04 Å². The van der Waals surface area contributed by atoms with Crippen molar-refractivity contribution in [3.8, 4) is 11.4 Å². The fourth-order valence-electron chi connectivity index (χ4n) is 5.88. The van der Waals surface area contributed by atoms with Crippen LogP contribution in [0.4, 0.5) is 11.6 Å². The third-order valence-electron chi connectivity index (χ3n) is 8.40. The van der Waals surface area contributed by atoms with Crippen LogP contribution < -0.4 is 15.4 Å². The van der Waals surface area contributed by atoms with Crippen molar-refractivity contribution in [3.63, 3.8) is 0 Å². The van der Waals surface area contributed by atoms with E-state index in [1.165, 1.54) is 12.0 Å². The molecule has 1 aliphatic rings. The zero-order valence-electron chi connectivity index (χ0n) is 26.3. The minimum atomic E-state index is -0.620. The molecule has 0 saturated heterocycles. The molecule has 4 N–H and O–H groups in total. The number of nitrogens with one attached hydrogen (secondary N) is 2. The van der Waals surface area contributed by atoms with E-state index in [0.717, 1.165) is 91.6 Å². The molecule has 2 atom stereocenters. The van der Waals surface area contributed by atoms with Gasteiger partial charge in [-0.2, -0.15) is 5.10 Å². The summed E-state index contributed by atoms with van der Waals surface area (Å²) in [4.78, 5) is 11.7. The zero-order valence-corrected chi connectivity index (χ0v) is 26.3. The molecule has 3 aromatic heterocycles. The van der Waals surface area contributed by atoms with E-state index < -0.39 is 6.10 Å². The molecule has 234 valence electrons. The highest BCUT2D eigenvalue weighted by Gasteiger charge is 2.24. The third-order valence-corrected chi connectivity index (χ3v) is 8.40. The van der Waals surface area contributed by atoms with Gasteiger partial charge in [-0.3, -0.25) is 10.00 Å². The summed E-state index contributed by atoms with van der Waals surface area (Å²) in [6, 6.07) is 17.6. The molecular formula is C34H47N8O2+. The first-order valence-electron chi connectivity index (χ1n) is 15.9. The summed E-state index contributed by atoms with van der Waals surface area (Å²) in [6.07, 6.45) is 7.10. The number of hydrogen-bond acceptors (Lipinski definition) is 8. The fourth-order valence-corrected chi connectivity index (χ4v) is 5.88. The quantitative estimate of drug-likeness (QED) is 0.0903. The van der Waals surface area contributed by atoms with E-state index >= 15 is 0 Å². The van der Waals surface area contributed by atoms with Crippen LogP contribution in [0.25, 0.3) is 11.4 Å². The molecule has 1 unspecified atom stereocenters. The van der Waals surface area contributed by atoms with Crippen molar-refractivity contribution < 1.29 is 15.0 Å². The molecule has 1 aromatic carbocycles. The SMILES string of the molecule is Cc1cc(C)n(CCN(CCCCc2ccc3c(n2)NCCC3)CC[C@H](Nc2ccnc(-c3ccccc3)[n+]2O)C(C)O)n1. The first kappa shape index (κ1) is 31.4. The van der Waals surface area contributed by atoms with Crippen LogP contribution in [0.15, 0.2) is 60.8 Å². The lowest BCUT2D eigenvalue weighted by Crippen LogP contribution is -2.43. The van der Waals surface area contributed by atoms with Gasteiger partial charge in [0, 0.05) is 37.1 Å². The number of aliphatic hydroxyl groups is 1. The fraction of sp³-hybridized carbons (Fsp3) is 0.471. The molecule has 4 aromatic rings. The van der Waals surface area contributed by atoms with Gasteiger partial charge in [0.05, 0.1) is 29.9 Å². The van der Waals surface area contributed by atoms with Gasteiger partial charge in [0.25, 0.3) is 5.82 Å². The number of hydrogen-bond donors (Lipinski definition) is 4. The highest BCUT2D eigenvalue weighted by molar-refractivity contribution is 5.52. The third kappa shape index (κ3) is 8.33. The van der Waals surface area contributed by atoms with Gasteiger partial charge >= 0.3 is 5.82 Å². The Kier molecular flexibility index (Phi) is 10.8. The summed E-state index contributed by atoms with van der Waals surface area (Å²) in [7, 11) is 0. The number of anilines is 2. The van der Waals surface area contributed by atoms with Crippen molar-refractivity contribution in [2.24, 2.45) is 0 Å². The number of fused-ring (bicyclic) bond motifs is 1. The second-order valence-electron chi connectivity index (χ2n) is 11.9. The van der Waals surface area contributed by atoms with E-state index in [2.05, 4.69) is 55.4 Å². The maximum atomic E-state index is 11.0. The van der Waals surface area contributed by atoms with Crippen molar-refractivity contribution in [1.29, 1.82) is 0 Å². The van der Waals surface area contributed by atoms with Gasteiger partial charge in [0.15, 0.2) is 0 Å². The Hall–Kier alpha value is -4.02. The molecule has 10 heteroatoms. The highest BCUT2D eigenvalue weighted by Crippen LogP contribution is 2.21. The van der Waals surface area contributed by atoms with Crippen LogP contribution in [0.1, 0.15) is 55.3 Å². The Morgan fingerprint density at radius 2 is 1.91 bits per heavy atom. The van der Waals surface area contributed by atoms with Crippen LogP contribution >= 0.6 is 0 Å². The number of rotatable bonds is 15. The van der Waals surface area contributed by atoms with Gasteiger partial charge in [-0.1, -0.05) is 29.0 Å². The Morgan fingerprint density at radius 3 is 2.68 bits per heavy atom. The molecule has 0 bridgehead atoms. The summed E-state index contributed by atoms with van der Waals surface area (Å²) in [5.74, 6) is 1.99. The smallest absolute Gasteiger partial charge is 0.307 e. The average Bonchev–Trinajstić information content (AvgIpc) is 3.36. The molecule has 10 nitrogen and oxygen atoms in total. The molecule has 0 amide bonds. The number of aromatic nitrogens is 5. The molecule has 4 heterocycles. The minimum absolute atomic E-state index is 0.261. The van der Waals surface area contributed by atoms with Gasteiger partial charge in [-0.05, 0) is 95.7 Å². The number of aryl methyl sites for hydroxylation is 4. The highest BCUT2D eigenvalue weighted by atomic mass is 16.5. The predicted octanol–water partition coefficient (Wildman–Crippen LogP) is 4.42. The van der Waals surface area contributed by atoms with Crippen LogP contribution in [-0.4, -0.2) is 73.3 Å². The first-order valence-corrected chi connectivity index (χ1v) is 15.9. The number of pyridine rings is 1. The zero-order chi connectivity index (χ0) is 30.9. The van der Waals surface area contributed by atoms with Crippen molar-refractivity contribution in [3.05, 3.63) is 83.4 Å². The molecule has 44 heavy (non-hydrogen) atoms. The second kappa shape index (κ2) is 15.1. The molecule has 0 aliphatic carbocycles. The van der Waals surface area contributed by atoms with Gasteiger partial charge in [0.1, 0.15) is 12.0 Å². The largest absolute Gasteiger partial charge is 0.390 e. The van der Waals surface area contributed by atoms with E-state index in [1.54, 1.807) is 19.2 Å². The van der Waals surface area contributed by atoms with Crippen molar-refractivity contribution in [2.45, 2.75) is 78.0 Å². The number of unbranched alkanes of at least 4 members (excludes halogenated alkanes) is 1. The molecule has 5 rings (SSSR count). The average molecular weight is 600 g/mol. The summed E-state index contributed by atoms with van der Waals surface area (Å²) in [5.41, 5.74) is 5.48. The number of aliphatic hydroxyl groups excluding tert-OH is 1.